The number of piperazine rings is 1. The van der Waals surface area contributed by atoms with Gasteiger partial charge >= 0.3 is 0 Å². The van der Waals surface area contributed by atoms with Crippen LogP contribution in [0.15, 0.2) is 12.4 Å². The molecule has 1 aliphatic carbocycles. The van der Waals surface area contributed by atoms with Gasteiger partial charge in [0.15, 0.2) is 0 Å². The van der Waals surface area contributed by atoms with E-state index in [4.69, 9.17) is 5.73 Å². The zero-order valence-electron chi connectivity index (χ0n) is 12.7. The van der Waals surface area contributed by atoms with Gasteiger partial charge in [-0.1, -0.05) is 6.42 Å². The van der Waals surface area contributed by atoms with Gasteiger partial charge < -0.3 is 15.5 Å². The predicted molar refractivity (Wildman–Crippen MR) is 81.9 cm³/mol. The van der Waals surface area contributed by atoms with Crippen molar-refractivity contribution in [2.75, 3.05) is 31.1 Å². The molecule has 0 aromatic carbocycles. The van der Waals surface area contributed by atoms with E-state index in [1.807, 2.05) is 29.0 Å². The van der Waals surface area contributed by atoms with Gasteiger partial charge in [-0.15, -0.1) is 0 Å². The Bertz CT molecular complexity index is 492. The topological polar surface area (TPSA) is 67.4 Å². The second-order valence-electron chi connectivity index (χ2n) is 6.31. The predicted octanol–water partition coefficient (Wildman–Crippen LogP) is 0.586. The minimum Gasteiger partial charge on any atom is -0.365 e. The fraction of sp³-hybridized carbons (Fsp3) is 0.733. The van der Waals surface area contributed by atoms with Crippen LogP contribution < -0.4 is 10.6 Å². The quantitative estimate of drug-likeness (QED) is 0.866. The Morgan fingerprint density at radius 1 is 1.29 bits per heavy atom. The van der Waals surface area contributed by atoms with Crippen molar-refractivity contribution < 1.29 is 4.79 Å². The van der Waals surface area contributed by atoms with Crippen LogP contribution in [-0.4, -0.2) is 52.8 Å². The molecule has 1 saturated heterocycles. The van der Waals surface area contributed by atoms with Gasteiger partial charge in [-0.05, 0) is 19.3 Å². The van der Waals surface area contributed by atoms with Gasteiger partial charge in [0, 0.05) is 51.4 Å². The molecule has 0 spiro atoms. The number of aromatic nitrogens is 2. The number of aryl methyl sites for hydroxylation is 1. The number of nitrogens with zero attached hydrogens (tertiary/aromatic N) is 4. The lowest BCUT2D eigenvalue weighted by atomic mass is 9.85. The lowest BCUT2D eigenvalue weighted by Gasteiger charge is -2.38. The summed E-state index contributed by atoms with van der Waals surface area (Å²) in [6, 6.07) is 0.212. The molecule has 6 heteroatoms. The fourth-order valence-corrected chi connectivity index (χ4v) is 3.47. The Morgan fingerprint density at radius 3 is 2.67 bits per heavy atom. The zero-order valence-corrected chi connectivity index (χ0v) is 12.7. The molecule has 2 N–H and O–H groups in total. The van der Waals surface area contributed by atoms with Crippen molar-refractivity contribution in [3.63, 3.8) is 0 Å². The van der Waals surface area contributed by atoms with E-state index in [0.717, 1.165) is 57.5 Å². The summed E-state index contributed by atoms with van der Waals surface area (Å²) in [6.45, 7) is 3.38. The second kappa shape index (κ2) is 6.05. The number of hydrogen-bond acceptors (Lipinski definition) is 4. The lowest BCUT2D eigenvalue weighted by molar-refractivity contribution is -0.137. The van der Waals surface area contributed by atoms with Crippen LogP contribution in [0, 0.1) is 5.92 Å². The van der Waals surface area contributed by atoms with E-state index in [2.05, 4.69) is 10.00 Å². The van der Waals surface area contributed by atoms with Crippen LogP contribution in [0.1, 0.15) is 25.7 Å². The van der Waals surface area contributed by atoms with Crippen molar-refractivity contribution >= 4 is 11.6 Å². The molecule has 0 radical (unpaired) electrons. The Balaban J connectivity index is 1.54. The minimum absolute atomic E-state index is 0.152. The van der Waals surface area contributed by atoms with Crippen LogP contribution in [0.3, 0.4) is 0 Å². The maximum Gasteiger partial charge on any atom is 0.225 e. The first-order chi connectivity index (χ1) is 10.1. The highest BCUT2D eigenvalue weighted by atomic mass is 16.2. The van der Waals surface area contributed by atoms with Gasteiger partial charge in [0.2, 0.25) is 5.91 Å². The van der Waals surface area contributed by atoms with Crippen molar-refractivity contribution in [3.05, 3.63) is 12.4 Å². The molecule has 1 aliphatic heterocycles. The number of amides is 1. The molecule has 0 unspecified atom stereocenters. The average Bonchev–Trinajstić information content (AvgIpc) is 2.93. The molecule has 6 nitrogen and oxygen atoms in total. The van der Waals surface area contributed by atoms with Crippen LogP contribution in [0.2, 0.25) is 0 Å². The van der Waals surface area contributed by atoms with Crippen molar-refractivity contribution in [1.82, 2.24) is 14.7 Å². The Kier molecular flexibility index (Phi) is 4.14. The summed E-state index contributed by atoms with van der Waals surface area (Å²) in [5.74, 6) is 0.467. The van der Waals surface area contributed by atoms with Gasteiger partial charge in [-0.3, -0.25) is 9.48 Å². The third-order valence-corrected chi connectivity index (χ3v) is 4.71. The maximum absolute atomic E-state index is 12.6. The summed E-state index contributed by atoms with van der Waals surface area (Å²) in [7, 11) is 1.93. The molecule has 3 rings (SSSR count). The van der Waals surface area contributed by atoms with E-state index in [0.29, 0.717) is 5.91 Å². The van der Waals surface area contributed by atoms with Crippen LogP contribution in [0.25, 0.3) is 0 Å². The van der Waals surface area contributed by atoms with Crippen molar-refractivity contribution in [3.8, 4) is 0 Å². The summed E-state index contributed by atoms with van der Waals surface area (Å²) < 4.78 is 1.82. The Labute approximate surface area is 125 Å². The summed E-state index contributed by atoms with van der Waals surface area (Å²) in [5, 5.41) is 4.21. The van der Waals surface area contributed by atoms with E-state index < -0.39 is 0 Å². The maximum atomic E-state index is 12.6. The van der Waals surface area contributed by atoms with Crippen LogP contribution >= 0.6 is 0 Å². The van der Waals surface area contributed by atoms with E-state index in [-0.39, 0.29) is 12.0 Å². The average molecular weight is 291 g/mol. The molecule has 2 heterocycles. The van der Waals surface area contributed by atoms with E-state index in [1.54, 1.807) is 0 Å². The molecule has 1 aromatic heterocycles. The molecule has 2 fully saturated rings. The molecule has 1 amide bonds. The standard InChI is InChI=1S/C15H25N5O/c1-18-11-14(10-17-18)19-5-7-20(8-6-19)15(21)12-3-2-4-13(16)9-12/h10-13H,2-9,16H2,1H3/t12-,13+/m0/s1. The van der Waals surface area contributed by atoms with Gasteiger partial charge in [-0.2, -0.15) is 5.10 Å². The van der Waals surface area contributed by atoms with Crippen molar-refractivity contribution in [2.24, 2.45) is 18.7 Å². The van der Waals surface area contributed by atoms with Crippen molar-refractivity contribution in [1.29, 1.82) is 0 Å². The number of nitrogens with two attached hydrogens (primary N) is 1. The smallest absolute Gasteiger partial charge is 0.225 e. The highest BCUT2D eigenvalue weighted by Gasteiger charge is 2.30. The number of carbonyl (C=O) groups is 1. The number of hydrogen-bond donors (Lipinski definition) is 1. The third kappa shape index (κ3) is 3.20. The molecule has 116 valence electrons. The molecule has 1 saturated carbocycles. The highest BCUT2D eigenvalue weighted by molar-refractivity contribution is 5.79. The van der Waals surface area contributed by atoms with Gasteiger partial charge in [0.25, 0.3) is 0 Å². The summed E-state index contributed by atoms with van der Waals surface area (Å²) >= 11 is 0. The van der Waals surface area contributed by atoms with Gasteiger partial charge in [-0.25, -0.2) is 0 Å². The van der Waals surface area contributed by atoms with Crippen LogP contribution in [-0.2, 0) is 11.8 Å². The fourth-order valence-electron chi connectivity index (χ4n) is 3.47. The lowest BCUT2D eigenvalue weighted by Crippen LogP contribution is -2.51. The highest BCUT2D eigenvalue weighted by Crippen LogP contribution is 2.26. The largest absolute Gasteiger partial charge is 0.365 e. The number of carbonyl (C=O) groups excluding carboxylic acids is 1. The molecule has 0 bridgehead atoms. The van der Waals surface area contributed by atoms with E-state index in [1.165, 1.54) is 0 Å². The normalized spacial score (nSPS) is 27.0. The SMILES string of the molecule is Cn1cc(N2CCN(C(=O)[C@H]3CCC[C@@H](N)C3)CC2)cn1. The first-order valence-corrected chi connectivity index (χ1v) is 7.91. The number of anilines is 1. The first-order valence-electron chi connectivity index (χ1n) is 7.91. The minimum atomic E-state index is 0.152. The summed E-state index contributed by atoms with van der Waals surface area (Å²) in [4.78, 5) is 16.9. The van der Waals surface area contributed by atoms with Crippen LogP contribution in [0.5, 0.6) is 0 Å². The Morgan fingerprint density at radius 2 is 2.05 bits per heavy atom. The van der Waals surface area contributed by atoms with Gasteiger partial charge in [0.05, 0.1) is 11.9 Å². The second-order valence-corrected chi connectivity index (χ2v) is 6.31. The van der Waals surface area contributed by atoms with Crippen LogP contribution in [0.4, 0.5) is 5.69 Å². The summed E-state index contributed by atoms with van der Waals surface area (Å²) in [5.41, 5.74) is 7.15. The molecular formula is C15H25N5O. The molecular weight excluding hydrogens is 266 g/mol. The summed E-state index contributed by atoms with van der Waals surface area (Å²) in [6.07, 6.45) is 7.94. The monoisotopic (exact) mass is 291 g/mol. The molecule has 2 atom stereocenters. The van der Waals surface area contributed by atoms with E-state index in [9.17, 15) is 4.79 Å². The van der Waals surface area contributed by atoms with Gasteiger partial charge in [0.1, 0.15) is 0 Å². The molecule has 1 aromatic rings. The zero-order chi connectivity index (χ0) is 14.8. The molecule has 21 heavy (non-hydrogen) atoms. The first kappa shape index (κ1) is 14.4. The third-order valence-electron chi connectivity index (χ3n) is 4.71. The Hall–Kier alpha value is -1.56. The molecule has 2 aliphatic rings. The van der Waals surface area contributed by atoms with E-state index >= 15 is 0 Å². The van der Waals surface area contributed by atoms with Crippen molar-refractivity contribution in [2.45, 2.75) is 31.7 Å². The number of rotatable bonds is 2.